The van der Waals surface area contributed by atoms with Crippen molar-refractivity contribution in [3.63, 3.8) is 0 Å². The number of carbonyl (C=O) groups is 4. The smallest absolute Gasteiger partial charge is 0.414 e. The number of carbonyl (C=O) groups excluding carboxylic acids is 2. The topological polar surface area (TPSA) is 229 Å². The third-order valence-electron chi connectivity index (χ3n) is 4.47. The van der Waals surface area contributed by atoms with Crippen LogP contribution in [0.15, 0.2) is 35.5 Å². The van der Waals surface area contributed by atoms with Crippen molar-refractivity contribution >= 4 is 58.7 Å². The fraction of sp³-hybridized carbons (Fsp3) is 0.400. The minimum atomic E-state index is -1.09. The second-order valence-corrected chi connectivity index (χ2v) is 12.2. The van der Waals surface area contributed by atoms with Gasteiger partial charge in [-0.05, 0) is 41.5 Å². The molecule has 260 valence electrons. The molecule has 16 nitrogen and oxygen atoms in total. The highest BCUT2D eigenvalue weighted by atomic mass is 32.1. The van der Waals surface area contributed by atoms with Crippen LogP contribution in [0.4, 0.5) is 21.5 Å². The molecule has 0 aliphatic heterocycles. The number of carboxylic acid groups (broad SMARTS) is 2. The Balaban J connectivity index is 0.000000435. The first-order chi connectivity index (χ1) is 22.5. The molecule has 4 rings (SSSR count). The van der Waals surface area contributed by atoms with Crippen LogP contribution in [-0.4, -0.2) is 75.4 Å². The molecule has 0 fully saturated rings. The predicted octanol–water partition coefficient (Wildman–Crippen LogP) is 7.34. The molecule has 0 aliphatic carbocycles. The molecule has 0 radical (unpaired) electrons. The van der Waals surface area contributed by atoms with E-state index in [-0.39, 0.29) is 23.3 Å². The van der Waals surface area contributed by atoms with Crippen LogP contribution in [-0.2, 0) is 9.47 Å². The van der Waals surface area contributed by atoms with Gasteiger partial charge >= 0.3 is 24.1 Å². The van der Waals surface area contributed by atoms with Gasteiger partial charge in [-0.3, -0.25) is 10.6 Å². The number of hydrogen-bond donors (Lipinski definition) is 4. The van der Waals surface area contributed by atoms with Crippen LogP contribution in [0.5, 0.6) is 0 Å². The Bertz CT molecular complexity index is 1510. The summed E-state index contributed by atoms with van der Waals surface area (Å²) in [6, 6.07) is 0. The van der Waals surface area contributed by atoms with Crippen LogP contribution in [0.3, 0.4) is 0 Å². The molecular formula is C30H40N8O8S2. The molecule has 2 amide bonds. The zero-order chi connectivity index (χ0) is 36.7. The minimum Gasteiger partial charge on any atom is -0.476 e. The van der Waals surface area contributed by atoms with E-state index >= 15 is 0 Å². The summed E-state index contributed by atoms with van der Waals surface area (Å²) >= 11 is 2.35. The number of hydrogen-bond acceptors (Lipinski definition) is 14. The van der Waals surface area contributed by atoms with Crippen LogP contribution in [0.2, 0.25) is 0 Å². The minimum absolute atomic E-state index is 0.0315. The van der Waals surface area contributed by atoms with Gasteiger partial charge in [-0.25, -0.2) is 49.1 Å². The summed E-state index contributed by atoms with van der Waals surface area (Å²) < 4.78 is 10.2. The third kappa shape index (κ3) is 14.5. The van der Waals surface area contributed by atoms with E-state index in [0.717, 1.165) is 0 Å². The number of ether oxygens (including phenoxy) is 2. The van der Waals surface area contributed by atoms with Gasteiger partial charge in [-0.2, -0.15) is 0 Å². The maximum Gasteiger partial charge on any atom is 0.414 e. The van der Waals surface area contributed by atoms with E-state index in [1.807, 2.05) is 27.7 Å². The Hall–Kier alpha value is -5.10. The van der Waals surface area contributed by atoms with Crippen LogP contribution in [0, 0.1) is 0 Å². The van der Waals surface area contributed by atoms with Gasteiger partial charge < -0.3 is 19.7 Å². The van der Waals surface area contributed by atoms with Crippen molar-refractivity contribution in [3.05, 3.63) is 46.9 Å². The van der Waals surface area contributed by atoms with Crippen LogP contribution < -0.4 is 10.6 Å². The Morgan fingerprint density at radius 3 is 1.12 bits per heavy atom. The first kappa shape index (κ1) is 40.9. The third-order valence-corrected chi connectivity index (χ3v) is 6.25. The van der Waals surface area contributed by atoms with Crippen molar-refractivity contribution in [3.8, 4) is 21.1 Å². The van der Waals surface area contributed by atoms with Gasteiger partial charge in [0.15, 0.2) is 11.4 Å². The number of nitrogens with one attached hydrogen (secondary N) is 2. The standard InChI is InChI=1S/2C13H14N4O4S.2C2H6/c2*1-13(2,3)21-12(20)17-11-14-4-7(5-15-11)9-16-8(6-22-9)10(18)19;2*1-2/h2*4-6H,1-3H3,(H,18,19)(H,14,15,17,20);2*1-2H3. The molecule has 0 spiro atoms. The summed E-state index contributed by atoms with van der Waals surface area (Å²) in [5.74, 6) is -2.00. The quantitative estimate of drug-likeness (QED) is 0.154. The molecular weight excluding hydrogens is 665 g/mol. The lowest BCUT2D eigenvalue weighted by molar-refractivity contribution is 0.0623. The number of nitrogens with zero attached hydrogens (tertiary/aromatic N) is 6. The number of carboxylic acids is 2. The fourth-order valence-corrected chi connectivity index (χ4v) is 4.34. The normalized spacial score (nSPS) is 10.4. The van der Waals surface area contributed by atoms with Crippen molar-refractivity contribution in [1.82, 2.24) is 29.9 Å². The average molecular weight is 705 g/mol. The number of thiazole rings is 2. The van der Waals surface area contributed by atoms with E-state index in [4.69, 9.17) is 19.7 Å². The van der Waals surface area contributed by atoms with Crippen LogP contribution in [0.25, 0.3) is 21.1 Å². The highest BCUT2D eigenvalue weighted by molar-refractivity contribution is 7.13. The number of amides is 2. The van der Waals surface area contributed by atoms with Crippen molar-refractivity contribution < 1.29 is 38.9 Å². The monoisotopic (exact) mass is 704 g/mol. The first-order valence-electron chi connectivity index (χ1n) is 14.5. The summed E-state index contributed by atoms with van der Waals surface area (Å²) in [4.78, 5) is 68.5. The molecule has 0 saturated carbocycles. The lowest BCUT2D eigenvalue weighted by atomic mass is 10.2. The zero-order valence-electron chi connectivity index (χ0n) is 28.3. The van der Waals surface area contributed by atoms with Crippen molar-refractivity contribution in [2.45, 2.75) is 80.4 Å². The highest BCUT2D eigenvalue weighted by Gasteiger charge is 2.19. The van der Waals surface area contributed by atoms with E-state index in [1.165, 1.54) is 58.2 Å². The molecule has 0 aliphatic rings. The first-order valence-corrected chi connectivity index (χ1v) is 16.3. The number of aromatic nitrogens is 6. The predicted molar refractivity (Wildman–Crippen MR) is 183 cm³/mol. The largest absolute Gasteiger partial charge is 0.476 e. The summed E-state index contributed by atoms with van der Waals surface area (Å²) in [6.07, 6.45) is 4.49. The maximum atomic E-state index is 11.6. The Morgan fingerprint density at radius 2 is 0.896 bits per heavy atom. The Labute approximate surface area is 286 Å². The van der Waals surface area contributed by atoms with Crippen molar-refractivity contribution in [1.29, 1.82) is 0 Å². The molecule has 4 heterocycles. The van der Waals surface area contributed by atoms with Gasteiger partial charge in [0.05, 0.1) is 0 Å². The highest BCUT2D eigenvalue weighted by Crippen LogP contribution is 2.24. The van der Waals surface area contributed by atoms with E-state index in [2.05, 4.69) is 40.5 Å². The lowest BCUT2D eigenvalue weighted by Gasteiger charge is -2.19. The van der Waals surface area contributed by atoms with E-state index in [9.17, 15) is 19.2 Å². The van der Waals surface area contributed by atoms with Crippen molar-refractivity contribution in [2.24, 2.45) is 0 Å². The molecule has 4 aromatic heterocycles. The van der Waals surface area contributed by atoms with Gasteiger partial charge in [0, 0.05) is 46.7 Å². The average Bonchev–Trinajstić information content (AvgIpc) is 3.70. The van der Waals surface area contributed by atoms with E-state index in [0.29, 0.717) is 21.1 Å². The lowest BCUT2D eigenvalue weighted by Crippen LogP contribution is -2.27. The molecule has 0 unspecified atom stereocenters. The summed E-state index contributed by atoms with van der Waals surface area (Å²) in [5.41, 5.74) is -0.164. The van der Waals surface area contributed by atoms with Gasteiger partial charge in [-0.15, -0.1) is 22.7 Å². The summed E-state index contributed by atoms with van der Waals surface area (Å²) in [5, 5.41) is 26.3. The molecule has 18 heteroatoms. The van der Waals surface area contributed by atoms with E-state index in [1.54, 1.807) is 41.5 Å². The van der Waals surface area contributed by atoms with Crippen molar-refractivity contribution in [2.75, 3.05) is 10.6 Å². The van der Waals surface area contributed by atoms with Gasteiger partial charge in [0.2, 0.25) is 11.9 Å². The number of rotatable bonds is 6. The van der Waals surface area contributed by atoms with Crippen LogP contribution in [0.1, 0.15) is 90.2 Å². The molecule has 4 N–H and O–H groups in total. The number of anilines is 2. The molecule has 0 bridgehead atoms. The fourth-order valence-electron chi connectivity index (χ4n) is 2.80. The zero-order valence-corrected chi connectivity index (χ0v) is 29.9. The van der Waals surface area contributed by atoms with E-state index < -0.39 is 35.3 Å². The Morgan fingerprint density at radius 1 is 0.604 bits per heavy atom. The SMILES string of the molecule is CC.CC.CC(C)(C)OC(=O)Nc1ncc(-c2nc(C(=O)O)cs2)cn1.CC(C)(C)OC(=O)Nc1ncc(-c2nc(C(=O)O)cs2)cn1. The number of aromatic carboxylic acids is 2. The van der Waals surface area contributed by atoms with Gasteiger partial charge in [0.1, 0.15) is 21.2 Å². The summed E-state index contributed by atoms with van der Waals surface area (Å²) in [7, 11) is 0. The molecule has 0 saturated heterocycles. The second-order valence-electron chi connectivity index (χ2n) is 10.5. The summed E-state index contributed by atoms with van der Waals surface area (Å²) in [6.45, 7) is 18.5. The maximum absolute atomic E-state index is 11.6. The molecule has 0 atom stereocenters. The second kappa shape index (κ2) is 18.9. The Kier molecular flexibility index (Phi) is 16.1. The molecule has 0 aromatic carbocycles. The molecule has 48 heavy (non-hydrogen) atoms. The van der Waals surface area contributed by atoms with Crippen LogP contribution >= 0.6 is 22.7 Å². The van der Waals surface area contributed by atoms with Gasteiger partial charge in [0.25, 0.3) is 0 Å². The van der Waals surface area contributed by atoms with Gasteiger partial charge in [-0.1, -0.05) is 27.7 Å². The molecule has 4 aromatic rings.